The van der Waals surface area contributed by atoms with Gasteiger partial charge in [0.2, 0.25) is 5.91 Å². The number of hydrogen-bond donors (Lipinski definition) is 1. The van der Waals surface area contributed by atoms with Gasteiger partial charge in [0.25, 0.3) is 9.05 Å². The van der Waals surface area contributed by atoms with Crippen LogP contribution in [0, 0.1) is 5.92 Å². The molecule has 1 aromatic rings. The molecule has 1 heterocycles. The molecule has 2 rings (SSSR count). The maximum absolute atomic E-state index is 11.7. The third-order valence-corrected chi connectivity index (χ3v) is 4.27. The van der Waals surface area contributed by atoms with Gasteiger partial charge in [-0.15, -0.1) is 0 Å². The topological polar surface area (TPSA) is 91.8 Å². The summed E-state index contributed by atoms with van der Waals surface area (Å²) >= 11 is 0. The van der Waals surface area contributed by atoms with Gasteiger partial charge in [0.1, 0.15) is 0 Å². The lowest BCUT2D eigenvalue weighted by atomic mass is 10.1. The second kappa shape index (κ2) is 4.82. The van der Waals surface area contributed by atoms with Crippen molar-refractivity contribution in [1.82, 2.24) is 0 Å². The SMILES string of the molecule is O=C(O)[C@@H]1CC(=O)N(c2ccc(S(=O)(=O)Cl)cc2)C1. The average Bonchev–Trinajstić information content (AvgIpc) is 2.70. The van der Waals surface area contributed by atoms with Crippen LogP contribution in [0.1, 0.15) is 6.42 Å². The molecular weight excluding hydrogens is 294 g/mol. The highest BCUT2D eigenvalue weighted by atomic mass is 35.7. The number of carboxylic acids is 1. The van der Waals surface area contributed by atoms with E-state index in [0.717, 1.165) is 0 Å². The Morgan fingerprint density at radius 3 is 2.32 bits per heavy atom. The first-order valence-corrected chi connectivity index (χ1v) is 7.68. The predicted molar refractivity (Wildman–Crippen MR) is 67.6 cm³/mol. The van der Waals surface area contributed by atoms with E-state index in [9.17, 15) is 18.0 Å². The molecule has 19 heavy (non-hydrogen) atoms. The zero-order valence-corrected chi connectivity index (χ0v) is 11.2. The summed E-state index contributed by atoms with van der Waals surface area (Å²) < 4.78 is 22.2. The first-order valence-electron chi connectivity index (χ1n) is 5.37. The lowest BCUT2D eigenvalue weighted by Crippen LogP contribution is -2.25. The van der Waals surface area contributed by atoms with E-state index in [2.05, 4.69) is 0 Å². The molecule has 0 aromatic heterocycles. The summed E-state index contributed by atoms with van der Waals surface area (Å²) in [6.07, 6.45) is -0.0507. The fourth-order valence-electron chi connectivity index (χ4n) is 1.91. The third kappa shape index (κ3) is 2.87. The van der Waals surface area contributed by atoms with Gasteiger partial charge in [-0.2, -0.15) is 0 Å². The monoisotopic (exact) mass is 303 g/mol. The van der Waals surface area contributed by atoms with Crippen LogP contribution in [0.2, 0.25) is 0 Å². The molecule has 1 atom stereocenters. The zero-order chi connectivity index (χ0) is 14.2. The lowest BCUT2D eigenvalue weighted by Gasteiger charge is -2.16. The fourth-order valence-corrected chi connectivity index (χ4v) is 2.68. The van der Waals surface area contributed by atoms with Crippen LogP contribution in [0.3, 0.4) is 0 Å². The molecule has 0 radical (unpaired) electrons. The van der Waals surface area contributed by atoms with Gasteiger partial charge in [-0.3, -0.25) is 9.59 Å². The molecule has 0 unspecified atom stereocenters. The number of halogens is 1. The zero-order valence-electron chi connectivity index (χ0n) is 9.61. The largest absolute Gasteiger partial charge is 0.481 e. The minimum absolute atomic E-state index is 0.0507. The van der Waals surface area contributed by atoms with Gasteiger partial charge in [0, 0.05) is 29.3 Å². The highest BCUT2D eigenvalue weighted by Gasteiger charge is 2.35. The Morgan fingerprint density at radius 1 is 1.32 bits per heavy atom. The second-order valence-corrected chi connectivity index (χ2v) is 6.74. The molecule has 0 spiro atoms. The average molecular weight is 304 g/mol. The molecule has 0 aliphatic carbocycles. The van der Waals surface area contributed by atoms with Crippen LogP contribution >= 0.6 is 10.7 Å². The molecule has 1 aliphatic heterocycles. The summed E-state index contributed by atoms with van der Waals surface area (Å²) in [7, 11) is 1.37. The molecule has 6 nitrogen and oxygen atoms in total. The first kappa shape index (κ1) is 13.8. The van der Waals surface area contributed by atoms with Crippen LogP contribution in [0.5, 0.6) is 0 Å². The van der Waals surface area contributed by atoms with E-state index in [4.69, 9.17) is 15.8 Å². The molecule has 8 heteroatoms. The smallest absolute Gasteiger partial charge is 0.308 e. The van der Waals surface area contributed by atoms with Crippen LogP contribution in [0.4, 0.5) is 5.69 Å². The van der Waals surface area contributed by atoms with Crippen molar-refractivity contribution in [3.05, 3.63) is 24.3 Å². The van der Waals surface area contributed by atoms with Gasteiger partial charge in [-0.25, -0.2) is 8.42 Å². The Labute approximate surface area is 114 Å². The Hall–Kier alpha value is -1.60. The summed E-state index contributed by atoms with van der Waals surface area (Å²) in [5.41, 5.74) is 0.456. The van der Waals surface area contributed by atoms with Gasteiger partial charge in [-0.1, -0.05) is 0 Å². The van der Waals surface area contributed by atoms with Crippen molar-refractivity contribution in [2.24, 2.45) is 5.92 Å². The third-order valence-electron chi connectivity index (χ3n) is 2.90. The number of carbonyl (C=O) groups is 2. The van der Waals surface area contributed by atoms with Crippen LogP contribution in [-0.4, -0.2) is 31.9 Å². The minimum atomic E-state index is -3.81. The van der Waals surface area contributed by atoms with E-state index in [1.807, 2.05) is 0 Å². The molecule has 1 saturated heterocycles. The van der Waals surface area contributed by atoms with Gasteiger partial charge < -0.3 is 10.0 Å². The van der Waals surface area contributed by atoms with Crippen molar-refractivity contribution >= 4 is 37.3 Å². The van der Waals surface area contributed by atoms with E-state index in [-0.39, 0.29) is 23.8 Å². The van der Waals surface area contributed by atoms with E-state index < -0.39 is 20.9 Å². The Kier molecular flexibility index (Phi) is 3.51. The van der Waals surface area contributed by atoms with Crippen molar-refractivity contribution in [1.29, 1.82) is 0 Å². The summed E-state index contributed by atoms with van der Waals surface area (Å²) in [6, 6.07) is 5.41. The molecule has 102 valence electrons. The molecule has 1 aromatic carbocycles. The van der Waals surface area contributed by atoms with E-state index >= 15 is 0 Å². The van der Waals surface area contributed by atoms with Crippen molar-refractivity contribution < 1.29 is 23.1 Å². The van der Waals surface area contributed by atoms with Crippen LogP contribution in [0.25, 0.3) is 0 Å². The highest BCUT2D eigenvalue weighted by Crippen LogP contribution is 2.26. The maximum atomic E-state index is 11.7. The quantitative estimate of drug-likeness (QED) is 0.843. The van der Waals surface area contributed by atoms with Crippen molar-refractivity contribution in [3.8, 4) is 0 Å². The maximum Gasteiger partial charge on any atom is 0.308 e. The Balaban J connectivity index is 2.24. The van der Waals surface area contributed by atoms with Crippen molar-refractivity contribution in [2.75, 3.05) is 11.4 Å². The molecule has 1 N–H and O–H groups in total. The highest BCUT2D eigenvalue weighted by molar-refractivity contribution is 8.13. The fraction of sp³-hybridized carbons (Fsp3) is 0.273. The second-order valence-electron chi connectivity index (χ2n) is 4.18. The van der Waals surface area contributed by atoms with Crippen LogP contribution < -0.4 is 4.90 Å². The number of aliphatic carboxylic acids is 1. The number of nitrogens with zero attached hydrogens (tertiary/aromatic N) is 1. The summed E-state index contributed by atoms with van der Waals surface area (Å²) in [6.45, 7) is 0.0845. The predicted octanol–water partition coefficient (Wildman–Crippen LogP) is 1.05. The number of benzene rings is 1. The van der Waals surface area contributed by atoms with E-state index in [1.54, 1.807) is 0 Å². The number of carboxylic acid groups (broad SMARTS) is 1. The van der Waals surface area contributed by atoms with Crippen molar-refractivity contribution in [3.63, 3.8) is 0 Å². The van der Waals surface area contributed by atoms with E-state index in [0.29, 0.717) is 5.69 Å². The van der Waals surface area contributed by atoms with Gasteiger partial charge in [0.05, 0.1) is 10.8 Å². The molecule has 1 aliphatic rings. The molecule has 0 saturated carbocycles. The lowest BCUT2D eigenvalue weighted by molar-refractivity contribution is -0.141. The first-order chi connectivity index (χ1) is 8.79. The van der Waals surface area contributed by atoms with Crippen LogP contribution in [0.15, 0.2) is 29.2 Å². The van der Waals surface area contributed by atoms with Gasteiger partial charge >= 0.3 is 5.97 Å². The Morgan fingerprint density at radius 2 is 1.89 bits per heavy atom. The molecule has 1 amide bonds. The number of carbonyl (C=O) groups excluding carboxylic acids is 1. The number of amides is 1. The van der Waals surface area contributed by atoms with Gasteiger partial charge in [-0.05, 0) is 24.3 Å². The number of hydrogen-bond acceptors (Lipinski definition) is 4. The van der Waals surface area contributed by atoms with Crippen molar-refractivity contribution in [2.45, 2.75) is 11.3 Å². The normalized spacial score (nSPS) is 19.7. The number of anilines is 1. The minimum Gasteiger partial charge on any atom is -0.481 e. The Bertz CT molecular complexity index is 625. The molecule has 1 fully saturated rings. The molecule has 0 bridgehead atoms. The number of rotatable bonds is 3. The molecular formula is C11H10ClNO5S. The standard InChI is InChI=1S/C11H10ClNO5S/c12-19(17,18)9-3-1-8(2-4-9)13-6-7(11(15)16)5-10(13)14/h1-4,7H,5-6H2,(H,15,16)/t7-/m1/s1. The summed E-state index contributed by atoms with van der Waals surface area (Å²) in [5.74, 6) is -2.05. The summed E-state index contributed by atoms with van der Waals surface area (Å²) in [4.78, 5) is 23.8. The van der Waals surface area contributed by atoms with E-state index in [1.165, 1.54) is 29.2 Å². The van der Waals surface area contributed by atoms with Gasteiger partial charge in [0.15, 0.2) is 0 Å². The summed E-state index contributed by atoms with van der Waals surface area (Å²) in [5, 5.41) is 8.87. The van der Waals surface area contributed by atoms with Crippen LogP contribution in [-0.2, 0) is 18.6 Å².